The Kier molecular flexibility index (Phi) is 2.71. The fourth-order valence-electron chi connectivity index (χ4n) is 3.28. The molecule has 0 unspecified atom stereocenters. The lowest BCUT2D eigenvalue weighted by atomic mass is 10.1. The minimum Gasteiger partial charge on any atom is -0.312 e. The van der Waals surface area contributed by atoms with Crippen LogP contribution >= 0.6 is 11.3 Å². The SMILES string of the molecule is O=C(C1CC1)N1CCc2cc(-c3csc(C4CC4)n3)ccc21. The van der Waals surface area contributed by atoms with Gasteiger partial charge in [0.2, 0.25) is 5.91 Å². The van der Waals surface area contributed by atoms with Gasteiger partial charge in [-0.2, -0.15) is 0 Å². The highest BCUT2D eigenvalue weighted by Gasteiger charge is 2.36. The monoisotopic (exact) mass is 310 g/mol. The maximum Gasteiger partial charge on any atom is 0.230 e. The smallest absolute Gasteiger partial charge is 0.230 e. The number of rotatable bonds is 3. The van der Waals surface area contributed by atoms with Gasteiger partial charge in [-0.05, 0) is 49.8 Å². The van der Waals surface area contributed by atoms with Crippen molar-refractivity contribution >= 4 is 22.9 Å². The standard InChI is InChI=1S/C18H18N2OS/c21-18(12-3-4-12)20-8-7-14-9-13(5-6-16(14)20)15-10-22-17(19-15)11-1-2-11/h5-6,9-12H,1-4,7-8H2. The van der Waals surface area contributed by atoms with Crippen molar-refractivity contribution in [3.05, 3.63) is 34.2 Å². The van der Waals surface area contributed by atoms with E-state index >= 15 is 0 Å². The van der Waals surface area contributed by atoms with Gasteiger partial charge in [-0.1, -0.05) is 6.07 Å². The van der Waals surface area contributed by atoms with Crippen LogP contribution in [0.3, 0.4) is 0 Å². The number of hydrogen-bond acceptors (Lipinski definition) is 3. The number of nitrogens with zero attached hydrogens (tertiary/aromatic N) is 2. The Labute approximate surface area is 134 Å². The third kappa shape index (κ3) is 2.09. The van der Waals surface area contributed by atoms with Crippen LogP contribution in [0.1, 0.15) is 42.2 Å². The second-order valence-electron chi connectivity index (χ2n) is 6.70. The van der Waals surface area contributed by atoms with Gasteiger partial charge in [-0.25, -0.2) is 4.98 Å². The molecule has 2 aromatic rings. The number of fused-ring (bicyclic) bond motifs is 1. The Hall–Kier alpha value is -1.68. The fourth-order valence-corrected chi connectivity index (χ4v) is 4.28. The number of carbonyl (C=O) groups is 1. The molecule has 2 fully saturated rings. The van der Waals surface area contributed by atoms with Gasteiger partial charge < -0.3 is 4.90 Å². The van der Waals surface area contributed by atoms with Crippen molar-refractivity contribution in [3.8, 4) is 11.3 Å². The first-order valence-corrected chi connectivity index (χ1v) is 9.07. The Morgan fingerprint density at radius 1 is 1.23 bits per heavy atom. The van der Waals surface area contributed by atoms with Crippen LogP contribution in [0.15, 0.2) is 23.6 Å². The van der Waals surface area contributed by atoms with E-state index in [9.17, 15) is 4.79 Å². The summed E-state index contributed by atoms with van der Waals surface area (Å²) in [6.07, 6.45) is 5.73. The van der Waals surface area contributed by atoms with Gasteiger partial charge in [-0.3, -0.25) is 4.79 Å². The van der Waals surface area contributed by atoms with Crippen molar-refractivity contribution in [1.82, 2.24) is 4.98 Å². The molecule has 0 atom stereocenters. The first-order chi connectivity index (χ1) is 10.8. The molecule has 2 aliphatic carbocycles. The topological polar surface area (TPSA) is 33.2 Å². The van der Waals surface area contributed by atoms with Crippen LogP contribution in [0.25, 0.3) is 11.3 Å². The average Bonchev–Trinajstić information content (AvgIpc) is 3.47. The lowest BCUT2D eigenvalue weighted by Gasteiger charge is -2.17. The van der Waals surface area contributed by atoms with Crippen molar-refractivity contribution < 1.29 is 4.79 Å². The Balaban J connectivity index is 1.45. The van der Waals surface area contributed by atoms with E-state index in [4.69, 9.17) is 4.98 Å². The van der Waals surface area contributed by atoms with Crippen molar-refractivity contribution in [3.63, 3.8) is 0 Å². The molecule has 1 amide bonds. The first-order valence-electron chi connectivity index (χ1n) is 8.20. The zero-order valence-electron chi connectivity index (χ0n) is 12.4. The summed E-state index contributed by atoms with van der Waals surface area (Å²) in [5, 5.41) is 3.47. The molecule has 2 heterocycles. The fraction of sp³-hybridized carbons (Fsp3) is 0.444. The molecule has 2 saturated carbocycles. The molecule has 0 spiro atoms. The minimum atomic E-state index is 0.297. The first kappa shape index (κ1) is 12.8. The van der Waals surface area contributed by atoms with Gasteiger partial charge in [0.25, 0.3) is 0 Å². The van der Waals surface area contributed by atoms with Gasteiger partial charge >= 0.3 is 0 Å². The highest BCUT2D eigenvalue weighted by atomic mass is 32.1. The molecule has 0 bridgehead atoms. The molecule has 22 heavy (non-hydrogen) atoms. The molecule has 3 aliphatic rings. The van der Waals surface area contributed by atoms with Crippen LogP contribution in [0.2, 0.25) is 0 Å². The van der Waals surface area contributed by atoms with Crippen molar-refractivity contribution in [2.75, 3.05) is 11.4 Å². The second-order valence-corrected chi connectivity index (χ2v) is 7.59. The number of thiazole rings is 1. The molecular weight excluding hydrogens is 292 g/mol. The Bertz CT molecular complexity index is 758. The van der Waals surface area contributed by atoms with Crippen LogP contribution < -0.4 is 4.90 Å². The lowest BCUT2D eigenvalue weighted by molar-refractivity contribution is -0.119. The summed E-state index contributed by atoms with van der Waals surface area (Å²) in [5.41, 5.74) is 4.72. The maximum atomic E-state index is 12.3. The van der Waals surface area contributed by atoms with Crippen molar-refractivity contribution in [2.45, 2.75) is 38.0 Å². The highest BCUT2D eigenvalue weighted by Crippen LogP contribution is 2.43. The van der Waals surface area contributed by atoms with Crippen LogP contribution in [0.4, 0.5) is 5.69 Å². The largest absolute Gasteiger partial charge is 0.312 e. The van der Waals surface area contributed by atoms with E-state index in [0.29, 0.717) is 11.8 Å². The molecule has 0 radical (unpaired) electrons. The molecule has 112 valence electrons. The average molecular weight is 310 g/mol. The summed E-state index contributed by atoms with van der Waals surface area (Å²) >= 11 is 1.79. The van der Waals surface area contributed by atoms with E-state index in [2.05, 4.69) is 23.6 Å². The van der Waals surface area contributed by atoms with Gasteiger partial charge in [0, 0.05) is 35.0 Å². The van der Waals surface area contributed by atoms with Gasteiger partial charge in [0.1, 0.15) is 0 Å². The summed E-state index contributed by atoms with van der Waals surface area (Å²) < 4.78 is 0. The molecule has 0 N–H and O–H groups in total. The second kappa shape index (κ2) is 4.66. The van der Waals surface area contributed by atoms with E-state index in [1.807, 2.05) is 4.90 Å². The summed E-state index contributed by atoms with van der Waals surface area (Å²) in [7, 11) is 0. The normalized spacial score (nSPS) is 20.3. The van der Waals surface area contributed by atoms with E-state index in [0.717, 1.165) is 43.1 Å². The number of amides is 1. The number of anilines is 1. The Morgan fingerprint density at radius 3 is 2.86 bits per heavy atom. The van der Waals surface area contributed by atoms with Crippen molar-refractivity contribution in [2.24, 2.45) is 5.92 Å². The number of hydrogen-bond donors (Lipinski definition) is 0. The zero-order valence-corrected chi connectivity index (χ0v) is 13.2. The molecule has 1 aromatic carbocycles. The Morgan fingerprint density at radius 2 is 2.09 bits per heavy atom. The summed E-state index contributed by atoms with van der Waals surface area (Å²) in [6, 6.07) is 6.48. The molecule has 0 saturated heterocycles. The molecule has 1 aromatic heterocycles. The van der Waals surface area contributed by atoms with Gasteiger partial charge in [0.15, 0.2) is 0 Å². The van der Waals surface area contributed by atoms with Gasteiger partial charge in [-0.15, -0.1) is 11.3 Å². The summed E-state index contributed by atoms with van der Waals surface area (Å²) in [5.74, 6) is 1.35. The quantitative estimate of drug-likeness (QED) is 0.859. The van der Waals surface area contributed by atoms with Gasteiger partial charge in [0.05, 0.1) is 10.7 Å². The third-order valence-corrected chi connectivity index (χ3v) is 5.92. The molecule has 3 nitrogen and oxygen atoms in total. The number of aromatic nitrogens is 1. The number of carbonyl (C=O) groups excluding carboxylic acids is 1. The zero-order chi connectivity index (χ0) is 14.7. The van der Waals surface area contributed by atoms with E-state index in [1.54, 1.807) is 11.3 Å². The molecule has 4 heteroatoms. The lowest BCUT2D eigenvalue weighted by Crippen LogP contribution is -2.30. The van der Waals surface area contributed by atoms with E-state index < -0.39 is 0 Å². The summed E-state index contributed by atoms with van der Waals surface area (Å²) in [6.45, 7) is 0.846. The predicted molar refractivity (Wildman–Crippen MR) is 88.3 cm³/mol. The van der Waals surface area contributed by atoms with Crippen LogP contribution in [0, 0.1) is 5.92 Å². The highest BCUT2D eigenvalue weighted by molar-refractivity contribution is 7.10. The summed E-state index contributed by atoms with van der Waals surface area (Å²) in [4.78, 5) is 19.1. The predicted octanol–water partition coefficient (Wildman–Crippen LogP) is 3.99. The number of benzene rings is 1. The molecular formula is C18H18N2OS. The van der Waals surface area contributed by atoms with Crippen LogP contribution in [0.5, 0.6) is 0 Å². The maximum absolute atomic E-state index is 12.3. The van der Waals surface area contributed by atoms with E-state index in [1.165, 1.54) is 29.0 Å². The molecule has 1 aliphatic heterocycles. The van der Waals surface area contributed by atoms with E-state index in [-0.39, 0.29) is 0 Å². The van der Waals surface area contributed by atoms with Crippen LogP contribution in [-0.4, -0.2) is 17.4 Å². The molecule has 5 rings (SSSR count). The van der Waals surface area contributed by atoms with Crippen molar-refractivity contribution in [1.29, 1.82) is 0 Å². The van der Waals surface area contributed by atoms with Crippen LogP contribution in [-0.2, 0) is 11.2 Å². The minimum absolute atomic E-state index is 0.297. The third-order valence-electron chi connectivity index (χ3n) is 4.91.